The van der Waals surface area contributed by atoms with Crippen molar-refractivity contribution < 1.29 is 19.1 Å². The number of esters is 1. The maximum absolute atomic E-state index is 12.0. The van der Waals surface area contributed by atoms with E-state index in [9.17, 15) is 14.4 Å². The van der Waals surface area contributed by atoms with Gasteiger partial charge in [0.25, 0.3) is 5.91 Å². The Hall–Kier alpha value is -3.08. The van der Waals surface area contributed by atoms with Crippen molar-refractivity contribution in [1.29, 1.82) is 5.26 Å². The molecule has 0 saturated heterocycles. The summed E-state index contributed by atoms with van der Waals surface area (Å²) in [5.41, 5.74) is 1.40. The van der Waals surface area contributed by atoms with Gasteiger partial charge in [0, 0.05) is 5.02 Å². The van der Waals surface area contributed by atoms with Crippen LogP contribution in [0.4, 0.5) is 0 Å². The van der Waals surface area contributed by atoms with Crippen molar-refractivity contribution in [2.45, 2.75) is 6.61 Å². The molecule has 0 aromatic heterocycles. The van der Waals surface area contributed by atoms with E-state index in [2.05, 4.69) is 10.6 Å². The van der Waals surface area contributed by atoms with Gasteiger partial charge >= 0.3 is 5.97 Å². The topological polar surface area (TPSA) is 108 Å². The number of amides is 2. The highest BCUT2D eigenvalue weighted by Gasteiger charge is 2.13. The minimum absolute atomic E-state index is 0.0201. The van der Waals surface area contributed by atoms with Crippen LogP contribution in [-0.2, 0) is 20.9 Å². The number of hydrogen-bond acceptors (Lipinski definition) is 5. The minimum Gasteiger partial charge on any atom is -0.460 e. The first kappa shape index (κ1) is 21.2. The summed E-state index contributed by atoms with van der Waals surface area (Å²) in [7, 11) is 0. The number of nitrogens with one attached hydrogen (secondary N) is 2. The van der Waals surface area contributed by atoms with Gasteiger partial charge in [-0.3, -0.25) is 14.4 Å². The zero-order valence-corrected chi connectivity index (χ0v) is 16.0. The molecule has 2 aromatic rings. The molecule has 0 aliphatic rings. The maximum Gasteiger partial charge on any atom is 0.325 e. The van der Waals surface area contributed by atoms with Gasteiger partial charge in [-0.1, -0.05) is 35.3 Å². The highest BCUT2D eigenvalue weighted by molar-refractivity contribution is 6.36. The van der Waals surface area contributed by atoms with Gasteiger partial charge in [0.05, 0.1) is 28.8 Å². The predicted molar refractivity (Wildman–Crippen MR) is 103 cm³/mol. The lowest BCUT2D eigenvalue weighted by Gasteiger charge is -2.08. The van der Waals surface area contributed by atoms with Crippen molar-refractivity contribution in [3.8, 4) is 6.07 Å². The summed E-state index contributed by atoms with van der Waals surface area (Å²) in [6, 6.07) is 12.9. The molecule has 0 fully saturated rings. The Morgan fingerprint density at radius 2 is 1.71 bits per heavy atom. The summed E-state index contributed by atoms with van der Waals surface area (Å²) >= 11 is 11.7. The summed E-state index contributed by atoms with van der Waals surface area (Å²) < 4.78 is 5.02. The predicted octanol–water partition coefficient (Wildman–Crippen LogP) is 2.45. The van der Waals surface area contributed by atoms with Crippen molar-refractivity contribution in [2.24, 2.45) is 0 Å². The van der Waals surface area contributed by atoms with Gasteiger partial charge in [-0.15, -0.1) is 0 Å². The van der Waals surface area contributed by atoms with Gasteiger partial charge in [0.15, 0.2) is 0 Å². The van der Waals surface area contributed by atoms with Crippen molar-refractivity contribution in [3.05, 3.63) is 69.2 Å². The lowest BCUT2D eigenvalue weighted by Crippen LogP contribution is -2.39. The number of halogens is 2. The fraction of sp³-hybridized carbons (Fsp3) is 0.158. The average Bonchev–Trinajstić information content (AvgIpc) is 2.69. The standard InChI is InChI=1S/C19H15Cl2N3O4/c20-14-5-6-15(16(21)7-14)19(27)24-9-17(25)23-10-18(26)28-11-13-3-1-12(8-22)2-4-13/h1-7H,9-11H2,(H,23,25)(H,24,27). The summed E-state index contributed by atoms with van der Waals surface area (Å²) in [6.45, 7) is -0.653. The van der Waals surface area contributed by atoms with Crippen LogP contribution in [-0.4, -0.2) is 30.9 Å². The molecule has 0 atom stereocenters. The number of nitrogens with zero attached hydrogens (tertiary/aromatic N) is 1. The number of nitriles is 1. The molecule has 7 nitrogen and oxygen atoms in total. The lowest BCUT2D eigenvalue weighted by molar-refractivity contribution is -0.145. The molecule has 28 heavy (non-hydrogen) atoms. The van der Waals surface area contributed by atoms with Crippen LogP contribution in [0.15, 0.2) is 42.5 Å². The molecule has 0 unspecified atom stereocenters. The van der Waals surface area contributed by atoms with E-state index in [-0.39, 0.29) is 30.3 Å². The zero-order valence-electron chi connectivity index (χ0n) is 14.5. The molecule has 2 rings (SSSR count). The molecular formula is C19H15Cl2N3O4. The van der Waals surface area contributed by atoms with Crippen LogP contribution in [0.1, 0.15) is 21.5 Å². The van der Waals surface area contributed by atoms with E-state index in [1.54, 1.807) is 24.3 Å². The SMILES string of the molecule is N#Cc1ccc(COC(=O)CNC(=O)CNC(=O)c2ccc(Cl)cc2Cl)cc1. The van der Waals surface area contributed by atoms with Crippen LogP contribution in [0.3, 0.4) is 0 Å². The molecule has 2 amide bonds. The van der Waals surface area contributed by atoms with Crippen LogP contribution in [0, 0.1) is 11.3 Å². The molecule has 0 bridgehead atoms. The van der Waals surface area contributed by atoms with E-state index in [0.29, 0.717) is 16.1 Å². The quantitative estimate of drug-likeness (QED) is 0.669. The first-order valence-electron chi connectivity index (χ1n) is 8.03. The normalized spacial score (nSPS) is 9.89. The van der Waals surface area contributed by atoms with E-state index in [1.165, 1.54) is 18.2 Å². The van der Waals surface area contributed by atoms with Gasteiger partial charge < -0.3 is 15.4 Å². The third-order valence-electron chi connectivity index (χ3n) is 3.50. The Balaban J connectivity index is 1.70. The van der Waals surface area contributed by atoms with Gasteiger partial charge in [-0.25, -0.2) is 0 Å². The van der Waals surface area contributed by atoms with Crippen molar-refractivity contribution in [3.63, 3.8) is 0 Å². The fourth-order valence-corrected chi connectivity index (χ4v) is 2.55. The Bertz CT molecular complexity index is 924. The Morgan fingerprint density at radius 1 is 1.00 bits per heavy atom. The van der Waals surface area contributed by atoms with E-state index in [1.807, 2.05) is 6.07 Å². The Kier molecular flexibility index (Phi) is 7.81. The van der Waals surface area contributed by atoms with Crippen LogP contribution in [0.2, 0.25) is 10.0 Å². The van der Waals surface area contributed by atoms with Gasteiger partial charge in [0.2, 0.25) is 5.91 Å². The van der Waals surface area contributed by atoms with Gasteiger partial charge in [-0.2, -0.15) is 5.26 Å². The lowest BCUT2D eigenvalue weighted by atomic mass is 10.2. The largest absolute Gasteiger partial charge is 0.460 e. The third kappa shape index (κ3) is 6.58. The number of benzene rings is 2. The molecule has 2 N–H and O–H groups in total. The van der Waals surface area contributed by atoms with Crippen LogP contribution >= 0.6 is 23.2 Å². The zero-order chi connectivity index (χ0) is 20.5. The third-order valence-corrected chi connectivity index (χ3v) is 4.05. The second-order valence-electron chi connectivity index (χ2n) is 5.55. The number of carbonyl (C=O) groups excluding carboxylic acids is 3. The van der Waals surface area contributed by atoms with E-state index in [0.717, 1.165) is 0 Å². The first-order chi connectivity index (χ1) is 13.4. The van der Waals surface area contributed by atoms with E-state index < -0.39 is 17.8 Å². The number of carbonyl (C=O) groups is 3. The number of hydrogen-bond donors (Lipinski definition) is 2. The second kappa shape index (κ2) is 10.3. The summed E-state index contributed by atoms with van der Waals surface area (Å²) in [6.07, 6.45) is 0. The highest BCUT2D eigenvalue weighted by Crippen LogP contribution is 2.20. The molecular weight excluding hydrogens is 405 g/mol. The second-order valence-corrected chi connectivity index (χ2v) is 6.40. The van der Waals surface area contributed by atoms with Crippen molar-refractivity contribution in [1.82, 2.24) is 10.6 Å². The van der Waals surface area contributed by atoms with Gasteiger partial charge in [-0.05, 0) is 35.9 Å². The van der Waals surface area contributed by atoms with Crippen LogP contribution in [0.5, 0.6) is 0 Å². The fourth-order valence-electron chi connectivity index (χ4n) is 2.05. The molecule has 0 saturated carbocycles. The minimum atomic E-state index is -0.634. The van der Waals surface area contributed by atoms with E-state index >= 15 is 0 Å². The van der Waals surface area contributed by atoms with Crippen LogP contribution in [0.25, 0.3) is 0 Å². The Labute approximate surface area is 171 Å². The summed E-state index contributed by atoms with van der Waals surface area (Å²) in [5, 5.41) is 14.0. The van der Waals surface area contributed by atoms with Crippen molar-refractivity contribution in [2.75, 3.05) is 13.1 Å². The number of rotatable bonds is 7. The van der Waals surface area contributed by atoms with E-state index in [4.69, 9.17) is 33.2 Å². The summed E-state index contributed by atoms with van der Waals surface area (Å²) in [4.78, 5) is 35.4. The molecule has 144 valence electrons. The Morgan fingerprint density at radius 3 is 2.36 bits per heavy atom. The molecule has 2 aromatic carbocycles. The first-order valence-corrected chi connectivity index (χ1v) is 8.79. The number of ether oxygens (including phenoxy) is 1. The molecule has 0 aliphatic carbocycles. The maximum atomic E-state index is 12.0. The monoisotopic (exact) mass is 419 g/mol. The average molecular weight is 420 g/mol. The molecule has 0 aliphatic heterocycles. The highest BCUT2D eigenvalue weighted by atomic mass is 35.5. The van der Waals surface area contributed by atoms with Crippen molar-refractivity contribution >= 4 is 41.0 Å². The molecule has 0 heterocycles. The smallest absolute Gasteiger partial charge is 0.325 e. The molecule has 0 radical (unpaired) electrons. The van der Waals surface area contributed by atoms with Crippen LogP contribution < -0.4 is 10.6 Å². The molecule has 0 spiro atoms. The molecule has 9 heteroatoms. The summed E-state index contributed by atoms with van der Waals surface area (Å²) in [5.74, 6) is -1.74. The van der Waals surface area contributed by atoms with Gasteiger partial charge in [0.1, 0.15) is 13.2 Å².